The van der Waals surface area contributed by atoms with Crippen molar-refractivity contribution in [2.24, 2.45) is 0 Å². The van der Waals surface area contributed by atoms with Gasteiger partial charge in [0.1, 0.15) is 17.0 Å². The molecule has 0 fully saturated rings. The third-order valence-corrected chi connectivity index (χ3v) is 3.37. The van der Waals surface area contributed by atoms with Crippen LogP contribution < -0.4 is 4.74 Å². The van der Waals surface area contributed by atoms with Crippen LogP contribution in [0.15, 0.2) is 48.7 Å². The molecule has 5 heteroatoms. The Morgan fingerprint density at radius 3 is 2.68 bits per heavy atom. The fraction of sp³-hybridized carbons (Fsp3) is 0.176. The molecule has 3 rings (SSSR count). The fourth-order valence-corrected chi connectivity index (χ4v) is 2.36. The lowest BCUT2D eigenvalue weighted by Crippen LogP contribution is -2.05. The summed E-state index contributed by atoms with van der Waals surface area (Å²) in [5.74, 6) is 0.280. The second-order valence-electron chi connectivity index (χ2n) is 4.71. The van der Waals surface area contributed by atoms with Crippen molar-refractivity contribution in [2.75, 3.05) is 13.7 Å². The summed E-state index contributed by atoms with van der Waals surface area (Å²) in [6.07, 6.45) is 1.77. The molecular weight excluding hydrogens is 280 g/mol. The Morgan fingerprint density at radius 2 is 2.00 bits per heavy atom. The van der Waals surface area contributed by atoms with Crippen LogP contribution in [0.2, 0.25) is 0 Å². The molecule has 22 heavy (non-hydrogen) atoms. The molecule has 1 aromatic carbocycles. The fourth-order valence-electron chi connectivity index (χ4n) is 2.36. The number of hydrogen-bond donors (Lipinski definition) is 0. The third-order valence-electron chi connectivity index (χ3n) is 3.37. The molecule has 0 atom stereocenters. The highest BCUT2D eigenvalue weighted by atomic mass is 16.5. The molecule has 0 spiro atoms. The molecule has 5 nitrogen and oxygen atoms in total. The van der Waals surface area contributed by atoms with Gasteiger partial charge in [-0.2, -0.15) is 5.10 Å². The molecule has 2 aromatic heterocycles. The van der Waals surface area contributed by atoms with Crippen LogP contribution in [-0.2, 0) is 4.74 Å². The molecule has 0 unspecified atom stereocenters. The van der Waals surface area contributed by atoms with Gasteiger partial charge in [-0.15, -0.1) is 0 Å². The monoisotopic (exact) mass is 296 g/mol. The van der Waals surface area contributed by atoms with Gasteiger partial charge in [0.25, 0.3) is 0 Å². The summed E-state index contributed by atoms with van der Waals surface area (Å²) in [5, 5.41) is 4.52. The number of carbonyl (C=O) groups is 1. The molecule has 0 bridgehead atoms. The number of ether oxygens (including phenoxy) is 2. The maximum atomic E-state index is 12.4. The predicted octanol–water partition coefficient (Wildman–Crippen LogP) is 3.19. The average Bonchev–Trinajstić information content (AvgIpc) is 2.94. The first-order valence-electron chi connectivity index (χ1n) is 7.03. The summed E-state index contributed by atoms with van der Waals surface area (Å²) in [6.45, 7) is 2.10. The van der Waals surface area contributed by atoms with E-state index in [1.165, 1.54) is 0 Å². The van der Waals surface area contributed by atoms with Crippen molar-refractivity contribution < 1.29 is 14.3 Å². The van der Waals surface area contributed by atoms with Crippen molar-refractivity contribution in [1.29, 1.82) is 0 Å². The lowest BCUT2D eigenvalue weighted by Gasteiger charge is -2.04. The number of hydrogen-bond acceptors (Lipinski definition) is 4. The van der Waals surface area contributed by atoms with Crippen LogP contribution in [0.1, 0.15) is 17.3 Å². The van der Waals surface area contributed by atoms with E-state index in [1.807, 2.05) is 30.3 Å². The van der Waals surface area contributed by atoms with E-state index in [9.17, 15) is 4.79 Å². The SMILES string of the molecule is CCOC(=O)c1c(-c2ccccc2)nn2ccc(OC)cc12. The second kappa shape index (κ2) is 5.89. The molecule has 0 radical (unpaired) electrons. The van der Waals surface area contributed by atoms with Crippen LogP contribution in [0.5, 0.6) is 5.75 Å². The van der Waals surface area contributed by atoms with Gasteiger partial charge in [0.2, 0.25) is 0 Å². The number of esters is 1. The molecule has 0 saturated heterocycles. The van der Waals surface area contributed by atoms with Crippen molar-refractivity contribution in [3.8, 4) is 17.0 Å². The van der Waals surface area contributed by atoms with E-state index in [1.54, 1.807) is 36.9 Å². The van der Waals surface area contributed by atoms with E-state index >= 15 is 0 Å². The standard InChI is InChI=1S/C17H16N2O3/c1-3-22-17(20)15-14-11-13(21-2)9-10-19(14)18-16(15)12-7-5-4-6-8-12/h4-11H,3H2,1-2H3. The molecule has 3 aromatic rings. The zero-order valence-corrected chi connectivity index (χ0v) is 12.4. The van der Waals surface area contributed by atoms with Crippen LogP contribution in [-0.4, -0.2) is 29.3 Å². The molecule has 0 N–H and O–H groups in total. The normalized spacial score (nSPS) is 10.6. The van der Waals surface area contributed by atoms with Gasteiger partial charge in [-0.3, -0.25) is 0 Å². The number of carbonyl (C=O) groups excluding carboxylic acids is 1. The molecule has 112 valence electrons. The van der Waals surface area contributed by atoms with Gasteiger partial charge in [-0.1, -0.05) is 30.3 Å². The highest BCUT2D eigenvalue weighted by molar-refractivity contribution is 6.03. The Bertz CT molecular complexity index is 809. The van der Waals surface area contributed by atoms with Gasteiger partial charge in [0.05, 0.1) is 19.2 Å². The van der Waals surface area contributed by atoms with Gasteiger partial charge in [0.15, 0.2) is 0 Å². The van der Waals surface area contributed by atoms with Gasteiger partial charge >= 0.3 is 5.97 Å². The summed E-state index contributed by atoms with van der Waals surface area (Å²) in [7, 11) is 1.59. The minimum absolute atomic E-state index is 0.314. The molecule has 0 aliphatic carbocycles. The van der Waals surface area contributed by atoms with Gasteiger partial charge in [-0.05, 0) is 13.0 Å². The van der Waals surface area contributed by atoms with Crippen LogP contribution in [0, 0.1) is 0 Å². The number of methoxy groups -OCH3 is 1. The topological polar surface area (TPSA) is 52.8 Å². The van der Waals surface area contributed by atoms with Crippen molar-refractivity contribution in [2.45, 2.75) is 6.92 Å². The van der Waals surface area contributed by atoms with E-state index in [-0.39, 0.29) is 5.97 Å². The quantitative estimate of drug-likeness (QED) is 0.694. The number of nitrogens with zero attached hydrogens (tertiary/aromatic N) is 2. The minimum atomic E-state index is -0.385. The van der Waals surface area contributed by atoms with Crippen LogP contribution in [0.4, 0.5) is 0 Å². The zero-order chi connectivity index (χ0) is 15.5. The Morgan fingerprint density at radius 1 is 1.23 bits per heavy atom. The first kappa shape index (κ1) is 14.1. The van der Waals surface area contributed by atoms with E-state index in [0.717, 1.165) is 5.56 Å². The smallest absolute Gasteiger partial charge is 0.342 e. The Labute approximate surface area is 128 Å². The molecule has 2 heterocycles. The molecule has 0 aliphatic heterocycles. The first-order chi connectivity index (χ1) is 10.7. The van der Waals surface area contributed by atoms with E-state index in [4.69, 9.17) is 9.47 Å². The van der Waals surface area contributed by atoms with Gasteiger partial charge in [-0.25, -0.2) is 9.31 Å². The number of benzene rings is 1. The largest absolute Gasteiger partial charge is 0.497 e. The van der Waals surface area contributed by atoms with Crippen LogP contribution in [0.3, 0.4) is 0 Å². The van der Waals surface area contributed by atoms with Crippen molar-refractivity contribution in [3.63, 3.8) is 0 Å². The summed E-state index contributed by atoms with van der Waals surface area (Å²) >= 11 is 0. The number of rotatable bonds is 4. The zero-order valence-electron chi connectivity index (χ0n) is 12.4. The lowest BCUT2D eigenvalue weighted by molar-refractivity contribution is 0.0529. The number of aromatic nitrogens is 2. The Hall–Kier alpha value is -2.82. The van der Waals surface area contributed by atoms with Gasteiger partial charge < -0.3 is 9.47 Å². The summed E-state index contributed by atoms with van der Waals surface area (Å²) < 4.78 is 12.1. The minimum Gasteiger partial charge on any atom is -0.497 e. The van der Waals surface area contributed by atoms with Crippen LogP contribution >= 0.6 is 0 Å². The molecule has 0 aliphatic rings. The molecule has 0 amide bonds. The van der Waals surface area contributed by atoms with Crippen molar-refractivity contribution in [1.82, 2.24) is 9.61 Å². The number of pyridine rings is 1. The Balaban J connectivity index is 2.26. The maximum Gasteiger partial charge on any atom is 0.342 e. The summed E-state index contributed by atoms with van der Waals surface area (Å²) in [4.78, 5) is 12.4. The second-order valence-corrected chi connectivity index (χ2v) is 4.71. The van der Waals surface area contributed by atoms with E-state index < -0.39 is 0 Å². The number of fused-ring (bicyclic) bond motifs is 1. The Kier molecular flexibility index (Phi) is 3.78. The van der Waals surface area contributed by atoms with E-state index in [0.29, 0.717) is 29.1 Å². The van der Waals surface area contributed by atoms with E-state index in [2.05, 4.69) is 5.10 Å². The maximum absolute atomic E-state index is 12.4. The van der Waals surface area contributed by atoms with Crippen molar-refractivity contribution >= 4 is 11.5 Å². The average molecular weight is 296 g/mol. The summed E-state index contributed by atoms with van der Waals surface area (Å²) in [5.41, 5.74) is 2.59. The van der Waals surface area contributed by atoms with Crippen LogP contribution in [0.25, 0.3) is 16.8 Å². The highest BCUT2D eigenvalue weighted by Crippen LogP contribution is 2.28. The first-order valence-corrected chi connectivity index (χ1v) is 7.03. The summed E-state index contributed by atoms with van der Waals surface area (Å²) in [6, 6.07) is 13.2. The lowest BCUT2D eigenvalue weighted by atomic mass is 10.1. The van der Waals surface area contributed by atoms with Crippen molar-refractivity contribution in [3.05, 3.63) is 54.2 Å². The highest BCUT2D eigenvalue weighted by Gasteiger charge is 2.22. The predicted molar refractivity (Wildman–Crippen MR) is 83.1 cm³/mol. The third kappa shape index (κ3) is 2.41. The molecule has 0 saturated carbocycles. The molecular formula is C17H16N2O3. The van der Waals surface area contributed by atoms with Gasteiger partial charge in [0, 0.05) is 17.8 Å².